The molecule has 170 valence electrons. The molecule has 0 bridgehead atoms. The molecular formula is C26H26N2O4S. The van der Waals surface area contributed by atoms with E-state index in [0.29, 0.717) is 29.1 Å². The van der Waals surface area contributed by atoms with E-state index in [2.05, 4.69) is 6.07 Å². The van der Waals surface area contributed by atoms with Gasteiger partial charge < -0.3 is 9.47 Å². The molecule has 1 aliphatic rings. The van der Waals surface area contributed by atoms with Gasteiger partial charge in [0.1, 0.15) is 16.3 Å². The van der Waals surface area contributed by atoms with E-state index < -0.39 is 0 Å². The van der Waals surface area contributed by atoms with Crippen molar-refractivity contribution >= 4 is 21.6 Å². The van der Waals surface area contributed by atoms with E-state index in [1.54, 1.807) is 41.2 Å². The lowest BCUT2D eigenvalue weighted by Gasteiger charge is -2.16. The number of aromatic nitrogens is 2. The fourth-order valence-electron chi connectivity index (χ4n) is 4.68. The van der Waals surface area contributed by atoms with Gasteiger partial charge in [-0.1, -0.05) is 29.8 Å². The van der Waals surface area contributed by atoms with Crippen LogP contribution in [-0.2, 0) is 19.4 Å². The molecule has 0 saturated carbocycles. The molecule has 5 rings (SSSR count). The van der Waals surface area contributed by atoms with Gasteiger partial charge in [0.25, 0.3) is 5.56 Å². The Hall–Kier alpha value is -3.32. The second kappa shape index (κ2) is 8.56. The molecule has 0 saturated heterocycles. The lowest BCUT2D eigenvalue weighted by molar-refractivity contribution is 0.392. The maximum atomic E-state index is 13.9. The summed E-state index contributed by atoms with van der Waals surface area (Å²) in [4.78, 5) is 29.7. The SMILES string of the molecule is COc1ccc(-n2c(=O)c3c4c(sc3n(Cc3cccc(C)c3)c2=O)CCCC4)c(OC)c1. The van der Waals surface area contributed by atoms with Crippen LogP contribution in [0.15, 0.2) is 52.1 Å². The Morgan fingerprint density at radius 1 is 1.00 bits per heavy atom. The molecule has 2 aromatic heterocycles. The summed E-state index contributed by atoms with van der Waals surface area (Å²) >= 11 is 1.60. The van der Waals surface area contributed by atoms with Gasteiger partial charge in [-0.25, -0.2) is 9.36 Å². The molecule has 33 heavy (non-hydrogen) atoms. The highest BCUT2D eigenvalue weighted by atomic mass is 32.1. The first-order chi connectivity index (χ1) is 16.0. The topological polar surface area (TPSA) is 62.5 Å². The van der Waals surface area contributed by atoms with Crippen molar-refractivity contribution in [2.45, 2.75) is 39.2 Å². The van der Waals surface area contributed by atoms with Crippen LogP contribution in [0.25, 0.3) is 15.9 Å². The van der Waals surface area contributed by atoms with E-state index in [0.717, 1.165) is 47.2 Å². The Labute approximate surface area is 195 Å². The molecule has 2 heterocycles. The van der Waals surface area contributed by atoms with E-state index in [-0.39, 0.29) is 11.2 Å². The summed E-state index contributed by atoms with van der Waals surface area (Å²) in [6, 6.07) is 13.3. The Balaban J connectivity index is 1.84. The third-order valence-corrected chi connectivity index (χ3v) is 7.60. The van der Waals surface area contributed by atoms with Gasteiger partial charge in [-0.05, 0) is 55.9 Å². The molecule has 6 nitrogen and oxygen atoms in total. The molecule has 0 N–H and O–H groups in total. The van der Waals surface area contributed by atoms with Crippen LogP contribution in [0.1, 0.15) is 34.4 Å². The summed E-state index contributed by atoms with van der Waals surface area (Å²) in [6.07, 6.45) is 4.00. The van der Waals surface area contributed by atoms with Gasteiger partial charge in [0.2, 0.25) is 0 Å². The van der Waals surface area contributed by atoms with Crippen LogP contribution in [0.5, 0.6) is 11.5 Å². The zero-order valence-corrected chi connectivity index (χ0v) is 19.8. The first-order valence-electron chi connectivity index (χ1n) is 11.1. The molecule has 0 fully saturated rings. The van der Waals surface area contributed by atoms with E-state index in [9.17, 15) is 9.59 Å². The number of aryl methyl sites for hydroxylation is 3. The Bertz CT molecular complexity index is 1480. The average molecular weight is 463 g/mol. The van der Waals surface area contributed by atoms with Gasteiger partial charge in [0.05, 0.1) is 31.8 Å². The number of benzene rings is 2. The Kier molecular flexibility index (Phi) is 5.58. The van der Waals surface area contributed by atoms with Crippen LogP contribution < -0.4 is 20.7 Å². The minimum Gasteiger partial charge on any atom is -0.497 e. The predicted molar refractivity (Wildman–Crippen MR) is 132 cm³/mol. The predicted octanol–water partition coefficient (Wildman–Crippen LogP) is 4.47. The molecule has 4 aromatic rings. The second-order valence-electron chi connectivity index (χ2n) is 8.43. The van der Waals surface area contributed by atoms with Gasteiger partial charge in [0.15, 0.2) is 0 Å². The molecule has 7 heteroatoms. The molecule has 1 aliphatic carbocycles. The van der Waals surface area contributed by atoms with Crippen molar-refractivity contribution in [1.82, 2.24) is 9.13 Å². The van der Waals surface area contributed by atoms with Crippen LogP contribution in [0, 0.1) is 6.92 Å². The maximum absolute atomic E-state index is 13.9. The highest BCUT2D eigenvalue weighted by Crippen LogP contribution is 2.35. The number of hydrogen-bond donors (Lipinski definition) is 0. The molecule has 0 atom stereocenters. The third-order valence-electron chi connectivity index (χ3n) is 6.29. The largest absolute Gasteiger partial charge is 0.497 e. The Morgan fingerprint density at radius 2 is 1.82 bits per heavy atom. The van der Waals surface area contributed by atoms with Crippen molar-refractivity contribution in [3.63, 3.8) is 0 Å². The van der Waals surface area contributed by atoms with Gasteiger partial charge >= 0.3 is 5.69 Å². The number of nitrogens with zero attached hydrogens (tertiary/aromatic N) is 2. The van der Waals surface area contributed by atoms with Crippen molar-refractivity contribution in [1.29, 1.82) is 0 Å². The van der Waals surface area contributed by atoms with Gasteiger partial charge in [-0.15, -0.1) is 11.3 Å². The molecule has 0 amide bonds. The normalized spacial score (nSPS) is 13.2. The molecule has 0 spiro atoms. The number of rotatable bonds is 5. The summed E-state index contributed by atoms with van der Waals surface area (Å²) in [5, 5.41) is 0.667. The zero-order valence-electron chi connectivity index (χ0n) is 19.0. The molecule has 0 unspecified atom stereocenters. The molecule has 2 aromatic carbocycles. The second-order valence-corrected chi connectivity index (χ2v) is 9.51. The summed E-state index contributed by atoms with van der Waals surface area (Å²) < 4.78 is 13.9. The number of ether oxygens (including phenoxy) is 2. The Morgan fingerprint density at radius 3 is 2.58 bits per heavy atom. The van der Waals surface area contributed by atoms with E-state index >= 15 is 0 Å². The van der Waals surface area contributed by atoms with Crippen LogP contribution >= 0.6 is 11.3 Å². The summed E-state index contributed by atoms with van der Waals surface area (Å²) in [5.74, 6) is 1.01. The van der Waals surface area contributed by atoms with Gasteiger partial charge in [-0.3, -0.25) is 9.36 Å². The lowest BCUT2D eigenvalue weighted by Crippen LogP contribution is -2.39. The summed E-state index contributed by atoms with van der Waals surface area (Å²) in [5.41, 5.74) is 3.04. The van der Waals surface area contributed by atoms with Crippen LogP contribution in [-0.4, -0.2) is 23.4 Å². The smallest absolute Gasteiger partial charge is 0.337 e. The average Bonchev–Trinajstić information content (AvgIpc) is 3.22. The highest BCUT2D eigenvalue weighted by Gasteiger charge is 2.25. The monoisotopic (exact) mass is 462 g/mol. The van der Waals surface area contributed by atoms with Crippen LogP contribution in [0.3, 0.4) is 0 Å². The lowest BCUT2D eigenvalue weighted by atomic mass is 9.97. The standard InChI is InChI=1S/C26H26N2O4S/c1-16-7-6-8-17(13-16)15-27-25-23(19-9-4-5-10-22(19)33-25)24(29)28(26(27)30)20-12-11-18(31-2)14-21(20)32-3/h6-8,11-14H,4-5,9-10,15H2,1-3H3. The molecule has 0 aliphatic heterocycles. The fraction of sp³-hybridized carbons (Fsp3) is 0.308. The first-order valence-corrected chi connectivity index (χ1v) is 11.9. The number of thiophene rings is 1. The van der Waals surface area contributed by atoms with E-state index in [4.69, 9.17) is 9.47 Å². The van der Waals surface area contributed by atoms with Crippen molar-refractivity contribution in [2.75, 3.05) is 14.2 Å². The quantitative estimate of drug-likeness (QED) is 0.439. The third kappa shape index (κ3) is 3.66. The number of hydrogen-bond acceptors (Lipinski definition) is 5. The minimum absolute atomic E-state index is 0.279. The van der Waals surface area contributed by atoms with E-state index in [1.165, 1.54) is 16.6 Å². The first kappa shape index (κ1) is 21.5. The van der Waals surface area contributed by atoms with Crippen LogP contribution in [0.4, 0.5) is 0 Å². The van der Waals surface area contributed by atoms with Crippen LogP contribution in [0.2, 0.25) is 0 Å². The van der Waals surface area contributed by atoms with Gasteiger partial charge in [0, 0.05) is 10.9 Å². The summed E-state index contributed by atoms with van der Waals surface area (Å²) in [6.45, 7) is 2.43. The number of methoxy groups -OCH3 is 2. The maximum Gasteiger partial charge on any atom is 0.337 e. The zero-order chi connectivity index (χ0) is 23.1. The molecule has 0 radical (unpaired) electrons. The van der Waals surface area contributed by atoms with Crippen molar-refractivity contribution in [3.05, 3.63) is 84.9 Å². The van der Waals surface area contributed by atoms with E-state index in [1.807, 2.05) is 25.1 Å². The van der Waals surface area contributed by atoms with Crippen molar-refractivity contribution in [3.8, 4) is 17.2 Å². The summed E-state index contributed by atoms with van der Waals surface area (Å²) in [7, 11) is 3.10. The van der Waals surface area contributed by atoms with Gasteiger partial charge in [-0.2, -0.15) is 0 Å². The molecular weight excluding hydrogens is 436 g/mol. The number of fused-ring (bicyclic) bond motifs is 3. The fourth-order valence-corrected chi connectivity index (χ4v) is 6.06. The minimum atomic E-state index is -0.365. The van der Waals surface area contributed by atoms with Crippen molar-refractivity contribution in [2.24, 2.45) is 0 Å². The van der Waals surface area contributed by atoms with Crippen molar-refractivity contribution < 1.29 is 9.47 Å². The highest BCUT2D eigenvalue weighted by molar-refractivity contribution is 7.18.